The lowest BCUT2D eigenvalue weighted by molar-refractivity contribution is 0.0158. The molecule has 0 N–H and O–H groups in total. The number of hydrogen-bond acceptors (Lipinski definition) is 5. The Hall–Kier alpha value is -3.15. The van der Waals surface area contributed by atoms with Gasteiger partial charge in [-0.05, 0) is 27.7 Å². The number of carbonyl (C=O) groups excluding carboxylic acids is 1. The lowest BCUT2D eigenvalue weighted by Crippen LogP contribution is -2.55. The summed E-state index contributed by atoms with van der Waals surface area (Å²) in [5, 5.41) is 11.3. The number of hydrogen-bond donors (Lipinski definition) is 0. The number of piperazine rings is 1. The molecule has 1 atom stereocenters. The fourth-order valence-corrected chi connectivity index (χ4v) is 3.87. The van der Waals surface area contributed by atoms with Crippen molar-refractivity contribution in [3.63, 3.8) is 0 Å². The number of nitrogens with zero attached hydrogens (tertiary/aromatic N) is 4. The Labute approximate surface area is 177 Å². The van der Waals surface area contributed by atoms with Crippen LogP contribution in [0, 0.1) is 0 Å². The number of aromatic nitrogens is 2. The van der Waals surface area contributed by atoms with Crippen LogP contribution in [0.1, 0.15) is 27.7 Å². The molecule has 1 aromatic heterocycles. The van der Waals surface area contributed by atoms with E-state index in [1.54, 1.807) is 4.90 Å². The number of benzene rings is 2. The second-order valence-corrected chi connectivity index (χ2v) is 8.75. The number of fused-ring (bicyclic) bond motifs is 1. The Morgan fingerprint density at radius 1 is 0.967 bits per heavy atom. The third-order valence-electron chi connectivity index (χ3n) is 5.27. The van der Waals surface area contributed by atoms with E-state index in [1.807, 2.05) is 58.0 Å². The molecule has 6 nitrogen and oxygen atoms in total. The molecule has 2 heterocycles. The summed E-state index contributed by atoms with van der Waals surface area (Å²) < 4.78 is 5.56. The van der Waals surface area contributed by atoms with Gasteiger partial charge in [0, 0.05) is 42.0 Å². The number of anilines is 1. The summed E-state index contributed by atoms with van der Waals surface area (Å²) in [7, 11) is 0. The van der Waals surface area contributed by atoms with Crippen LogP contribution in [0.4, 0.5) is 10.6 Å². The molecule has 0 radical (unpaired) electrons. The highest BCUT2D eigenvalue weighted by atomic mass is 16.6. The maximum Gasteiger partial charge on any atom is 0.410 e. The van der Waals surface area contributed by atoms with E-state index in [0.717, 1.165) is 27.8 Å². The van der Waals surface area contributed by atoms with E-state index in [0.29, 0.717) is 19.6 Å². The monoisotopic (exact) mass is 404 g/mol. The third kappa shape index (κ3) is 4.08. The van der Waals surface area contributed by atoms with Crippen LogP contribution in [0.15, 0.2) is 54.6 Å². The fourth-order valence-electron chi connectivity index (χ4n) is 3.87. The molecule has 156 valence electrons. The molecule has 30 heavy (non-hydrogen) atoms. The van der Waals surface area contributed by atoms with Gasteiger partial charge < -0.3 is 14.5 Å². The summed E-state index contributed by atoms with van der Waals surface area (Å²) in [4.78, 5) is 16.6. The summed E-state index contributed by atoms with van der Waals surface area (Å²) in [6.07, 6.45) is -0.259. The summed E-state index contributed by atoms with van der Waals surface area (Å²) in [5.74, 6) is 0.862. The fraction of sp³-hybridized carbons (Fsp3) is 0.375. The van der Waals surface area contributed by atoms with Gasteiger partial charge in [0.05, 0.1) is 0 Å². The Morgan fingerprint density at radius 3 is 2.30 bits per heavy atom. The predicted molar refractivity (Wildman–Crippen MR) is 120 cm³/mol. The molecule has 1 amide bonds. The minimum atomic E-state index is -0.497. The van der Waals surface area contributed by atoms with Crippen LogP contribution in [0.2, 0.25) is 0 Å². The minimum absolute atomic E-state index is 0.0166. The van der Waals surface area contributed by atoms with Gasteiger partial charge >= 0.3 is 6.09 Å². The van der Waals surface area contributed by atoms with Crippen molar-refractivity contribution in [2.24, 2.45) is 0 Å². The normalized spacial score (nSPS) is 17.3. The van der Waals surface area contributed by atoms with E-state index in [-0.39, 0.29) is 12.1 Å². The zero-order valence-electron chi connectivity index (χ0n) is 18.0. The van der Waals surface area contributed by atoms with Gasteiger partial charge in [0.1, 0.15) is 11.3 Å². The van der Waals surface area contributed by atoms with Gasteiger partial charge in [0.25, 0.3) is 0 Å². The standard InChI is InChI=1S/C24H28N4O2/c1-17-16-27(14-15-28(17)23(29)30-24(2,3)4)22-20-13-9-8-12-19(20)21(25-26-22)18-10-6-5-7-11-18/h5-13,17H,14-16H2,1-4H3/t17-/m0/s1. The van der Waals surface area contributed by atoms with E-state index < -0.39 is 5.60 Å². The zero-order chi connectivity index (χ0) is 21.3. The van der Waals surface area contributed by atoms with Crippen LogP contribution >= 0.6 is 0 Å². The van der Waals surface area contributed by atoms with E-state index in [1.165, 1.54) is 0 Å². The third-order valence-corrected chi connectivity index (χ3v) is 5.27. The van der Waals surface area contributed by atoms with E-state index in [2.05, 4.69) is 39.4 Å². The molecule has 6 heteroatoms. The highest BCUT2D eigenvalue weighted by molar-refractivity contribution is 6.00. The maximum atomic E-state index is 12.5. The number of amides is 1. The van der Waals surface area contributed by atoms with Crippen molar-refractivity contribution in [2.75, 3.05) is 24.5 Å². The van der Waals surface area contributed by atoms with Gasteiger partial charge in [0.15, 0.2) is 5.82 Å². The molecule has 0 aliphatic carbocycles. The molecule has 3 aromatic rings. The van der Waals surface area contributed by atoms with Crippen molar-refractivity contribution < 1.29 is 9.53 Å². The van der Waals surface area contributed by atoms with Crippen molar-refractivity contribution in [1.82, 2.24) is 15.1 Å². The van der Waals surface area contributed by atoms with E-state index in [4.69, 9.17) is 4.74 Å². The first-order valence-corrected chi connectivity index (χ1v) is 10.4. The van der Waals surface area contributed by atoms with Crippen LogP contribution in [0.3, 0.4) is 0 Å². The van der Waals surface area contributed by atoms with E-state index in [9.17, 15) is 4.79 Å². The van der Waals surface area contributed by atoms with Crippen LogP contribution in [0.5, 0.6) is 0 Å². The number of rotatable bonds is 2. The van der Waals surface area contributed by atoms with Crippen molar-refractivity contribution in [1.29, 1.82) is 0 Å². The molecule has 4 rings (SSSR count). The summed E-state index contributed by atoms with van der Waals surface area (Å²) in [6.45, 7) is 9.68. The molecule has 1 aliphatic heterocycles. The largest absolute Gasteiger partial charge is 0.444 e. The number of carbonyl (C=O) groups is 1. The summed E-state index contributed by atoms with van der Waals surface area (Å²) in [6, 6.07) is 18.4. The first kappa shape index (κ1) is 20.1. The molecule has 0 spiro atoms. The first-order valence-electron chi connectivity index (χ1n) is 10.4. The number of ether oxygens (including phenoxy) is 1. The molecule has 2 aromatic carbocycles. The zero-order valence-corrected chi connectivity index (χ0v) is 18.0. The van der Waals surface area contributed by atoms with Crippen molar-refractivity contribution in [3.05, 3.63) is 54.6 Å². The average molecular weight is 405 g/mol. The molecular weight excluding hydrogens is 376 g/mol. The quantitative estimate of drug-likeness (QED) is 0.617. The van der Waals surface area contributed by atoms with Crippen LogP contribution in [-0.2, 0) is 4.74 Å². The molecule has 1 fully saturated rings. The smallest absolute Gasteiger partial charge is 0.410 e. The Kier molecular flexibility index (Phi) is 5.33. The molecule has 0 unspecified atom stereocenters. The van der Waals surface area contributed by atoms with Gasteiger partial charge in [-0.25, -0.2) is 4.79 Å². The second-order valence-electron chi connectivity index (χ2n) is 8.75. The lowest BCUT2D eigenvalue weighted by atomic mass is 10.0. The molecule has 0 saturated carbocycles. The predicted octanol–water partition coefficient (Wildman–Crippen LogP) is 4.74. The Bertz CT molecular complexity index is 1050. The van der Waals surface area contributed by atoms with Gasteiger partial charge in [-0.2, -0.15) is 0 Å². The second kappa shape index (κ2) is 7.94. The van der Waals surface area contributed by atoms with Gasteiger partial charge in [0.2, 0.25) is 0 Å². The SMILES string of the molecule is C[C@H]1CN(c2nnc(-c3ccccc3)c3ccccc23)CCN1C(=O)OC(C)(C)C. The van der Waals surface area contributed by atoms with Gasteiger partial charge in [-0.1, -0.05) is 54.6 Å². The lowest BCUT2D eigenvalue weighted by Gasteiger charge is -2.40. The van der Waals surface area contributed by atoms with Crippen molar-refractivity contribution in [3.8, 4) is 11.3 Å². The summed E-state index contributed by atoms with van der Waals surface area (Å²) >= 11 is 0. The van der Waals surface area contributed by atoms with Gasteiger partial charge in [-0.3, -0.25) is 0 Å². The highest BCUT2D eigenvalue weighted by Crippen LogP contribution is 2.32. The molecule has 1 saturated heterocycles. The highest BCUT2D eigenvalue weighted by Gasteiger charge is 2.32. The van der Waals surface area contributed by atoms with Crippen LogP contribution < -0.4 is 4.90 Å². The molecular formula is C24H28N4O2. The minimum Gasteiger partial charge on any atom is -0.444 e. The van der Waals surface area contributed by atoms with Crippen LogP contribution in [-0.4, -0.2) is 52.5 Å². The summed E-state index contributed by atoms with van der Waals surface area (Å²) in [5.41, 5.74) is 1.44. The van der Waals surface area contributed by atoms with Gasteiger partial charge in [-0.15, -0.1) is 10.2 Å². The Morgan fingerprint density at radius 2 is 1.63 bits per heavy atom. The van der Waals surface area contributed by atoms with Crippen molar-refractivity contribution in [2.45, 2.75) is 39.3 Å². The molecule has 1 aliphatic rings. The maximum absolute atomic E-state index is 12.5. The average Bonchev–Trinajstić information content (AvgIpc) is 2.72. The van der Waals surface area contributed by atoms with E-state index >= 15 is 0 Å². The van der Waals surface area contributed by atoms with Crippen LogP contribution in [0.25, 0.3) is 22.0 Å². The molecule has 0 bridgehead atoms. The Balaban J connectivity index is 1.62. The first-order chi connectivity index (χ1) is 14.3. The van der Waals surface area contributed by atoms with Crippen molar-refractivity contribution >= 4 is 22.7 Å². The topological polar surface area (TPSA) is 58.6 Å².